The van der Waals surface area contributed by atoms with Crippen molar-refractivity contribution in [3.8, 4) is 11.3 Å². The van der Waals surface area contributed by atoms with Crippen LogP contribution in [0.5, 0.6) is 0 Å². The van der Waals surface area contributed by atoms with Crippen LogP contribution in [0.1, 0.15) is 17.7 Å². The number of hydrogen-bond donors (Lipinski definition) is 1. The molecule has 0 radical (unpaired) electrons. The average molecular weight is 365 g/mol. The van der Waals surface area contributed by atoms with Crippen LogP contribution in [0, 0.1) is 25.6 Å². The predicted octanol–water partition coefficient (Wildman–Crippen LogP) is 2.51. The third-order valence-electron chi connectivity index (χ3n) is 5.09. The van der Waals surface area contributed by atoms with Crippen molar-refractivity contribution in [3.05, 3.63) is 41.5 Å². The minimum absolute atomic E-state index is 0.306. The molecule has 0 spiro atoms. The van der Waals surface area contributed by atoms with Crippen molar-refractivity contribution < 1.29 is 4.39 Å². The molecular weight excluding hydrogens is 345 g/mol. The minimum Gasteiger partial charge on any atom is -0.316 e. The highest BCUT2D eigenvalue weighted by molar-refractivity contribution is 5.81. The van der Waals surface area contributed by atoms with Gasteiger partial charge in [-0.1, -0.05) is 0 Å². The smallest absolute Gasteiger partial charge is 0.156 e. The van der Waals surface area contributed by atoms with Crippen LogP contribution < -0.4 is 5.32 Å². The zero-order valence-electron chi connectivity index (χ0n) is 15.3. The van der Waals surface area contributed by atoms with Crippen LogP contribution in [0.4, 0.5) is 4.39 Å². The van der Waals surface area contributed by atoms with Crippen molar-refractivity contribution in [2.45, 2.75) is 26.8 Å². The van der Waals surface area contributed by atoms with E-state index >= 15 is 0 Å². The summed E-state index contributed by atoms with van der Waals surface area (Å²) in [7, 11) is 0. The van der Waals surface area contributed by atoms with E-state index in [1.807, 2.05) is 32.2 Å². The Morgan fingerprint density at radius 1 is 1.19 bits per heavy atom. The summed E-state index contributed by atoms with van der Waals surface area (Å²) < 4.78 is 16.4. The topological polar surface area (TPSA) is 72.9 Å². The first-order valence-electron chi connectivity index (χ1n) is 9.16. The standard InChI is InChI=1S/C19H20FN7/c1-11-5-16(23-26-9-12(2)22-19(11)26)14-6-15(20)18-17(7-14)24-27(25-18)10-13-3-4-21-8-13/h5-7,9,13,21H,3-4,8,10H2,1-2H3. The van der Waals surface area contributed by atoms with Crippen LogP contribution in [0.2, 0.25) is 0 Å². The zero-order valence-corrected chi connectivity index (χ0v) is 15.3. The number of nitrogens with one attached hydrogen (secondary N) is 1. The van der Waals surface area contributed by atoms with E-state index < -0.39 is 0 Å². The molecule has 1 aliphatic rings. The highest BCUT2D eigenvalue weighted by Gasteiger charge is 2.18. The van der Waals surface area contributed by atoms with Crippen LogP contribution in [0.15, 0.2) is 24.4 Å². The molecule has 0 amide bonds. The average Bonchev–Trinajstić information content (AvgIpc) is 3.34. The van der Waals surface area contributed by atoms with Crippen LogP contribution in [0.25, 0.3) is 27.9 Å². The van der Waals surface area contributed by atoms with Gasteiger partial charge in [0.2, 0.25) is 0 Å². The second-order valence-electron chi connectivity index (χ2n) is 7.30. The minimum atomic E-state index is -0.375. The van der Waals surface area contributed by atoms with Gasteiger partial charge in [-0.25, -0.2) is 13.9 Å². The number of rotatable bonds is 3. The van der Waals surface area contributed by atoms with Crippen LogP contribution >= 0.6 is 0 Å². The summed E-state index contributed by atoms with van der Waals surface area (Å²) in [5.74, 6) is 0.116. The van der Waals surface area contributed by atoms with Gasteiger partial charge in [0.1, 0.15) is 11.0 Å². The SMILES string of the molecule is Cc1cn2nc(-c3cc(F)c4nn(CC5CCNC5)nc4c3)cc(C)c2n1. The number of halogens is 1. The van der Waals surface area contributed by atoms with Gasteiger partial charge in [0.25, 0.3) is 0 Å². The predicted molar refractivity (Wildman–Crippen MR) is 99.9 cm³/mol. The molecule has 138 valence electrons. The fourth-order valence-corrected chi connectivity index (χ4v) is 3.74. The van der Waals surface area contributed by atoms with Gasteiger partial charge in [-0.3, -0.25) is 0 Å². The number of aryl methyl sites for hydroxylation is 2. The lowest BCUT2D eigenvalue weighted by Gasteiger charge is -2.05. The lowest BCUT2D eigenvalue weighted by Crippen LogP contribution is -2.16. The maximum Gasteiger partial charge on any atom is 0.156 e. The number of imidazole rings is 1. The molecule has 1 unspecified atom stereocenters. The largest absolute Gasteiger partial charge is 0.316 e. The highest BCUT2D eigenvalue weighted by atomic mass is 19.1. The quantitative estimate of drug-likeness (QED) is 0.604. The van der Waals surface area contributed by atoms with E-state index in [1.54, 1.807) is 9.31 Å². The lowest BCUT2D eigenvalue weighted by atomic mass is 10.1. The van der Waals surface area contributed by atoms with E-state index in [0.29, 0.717) is 34.8 Å². The summed E-state index contributed by atoms with van der Waals surface area (Å²) in [5, 5.41) is 16.8. The molecule has 7 nitrogen and oxygen atoms in total. The Balaban J connectivity index is 1.57. The van der Waals surface area contributed by atoms with Crippen LogP contribution in [0.3, 0.4) is 0 Å². The summed E-state index contributed by atoms with van der Waals surface area (Å²) in [5.41, 5.74) is 4.94. The molecule has 1 aliphatic heterocycles. The fraction of sp³-hybridized carbons (Fsp3) is 0.368. The van der Waals surface area contributed by atoms with Gasteiger partial charge >= 0.3 is 0 Å². The van der Waals surface area contributed by atoms with Gasteiger partial charge in [0, 0.05) is 5.56 Å². The molecule has 0 bridgehead atoms. The van der Waals surface area contributed by atoms with E-state index in [1.165, 1.54) is 6.07 Å². The van der Waals surface area contributed by atoms with Crippen molar-refractivity contribution >= 4 is 16.7 Å². The molecule has 1 atom stereocenters. The molecule has 1 fully saturated rings. The molecule has 4 aromatic rings. The number of benzene rings is 1. The fourth-order valence-electron chi connectivity index (χ4n) is 3.74. The van der Waals surface area contributed by atoms with Gasteiger partial charge in [0.15, 0.2) is 11.5 Å². The summed E-state index contributed by atoms with van der Waals surface area (Å²) in [6, 6.07) is 5.26. The first kappa shape index (κ1) is 16.3. The van der Waals surface area contributed by atoms with E-state index in [-0.39, 0.29) is 5.82 Å². The molecular formula is C19H20FN7. The van der Waals surface area contributed by atoms with Crippen molar-refractivity contribution in [2.24, 2.45) is 5.92 Å². The zero-order chi connectivity index (χ0) is 18.5. The maximum absolute atomic E-state index is 14.7. The van der Waals surface area contributed by atoms with Crippen LogP contribution in [-0.2, 0) is 6.54 Å². The molecule has 0 aliphatic carbocycles. The molecule has 0 saturated carbocycles. The first-order valence-corrected chi connectivity index (χ1v) is 9.16. The van der Waals surface area contributed by atoms with Crippen molar-refractivity contribution in [3.63, 3.8) is 0 Å². The number of nitrogens with zero attached hydrogens (tertiary/aromatic N) is 6. The Kier molecular flexibility index (Phi) is 3.68. The third-order valence-corrected chi connectivity index (χ3v) is 5.09. The normalized spacial score (nSPS) is 17.4. The molecule has 1 saturated heterocycles. The second kappa shape index (κ2) is 6.09. The molecule has 3 aromatic heterocycles. The van der Waals surface area contributed by atoms with Gasteiger partial charge in [-0.15, -0.1) is 0 Å². The second-order valence-corrected chi connectivity index (χ2v) is 7.30. The number of fused-ring (bicyclic) bond motifs is 2. The molecule has 4 heterocycles. The molecule has 1 aromatic carbocycles. The molecule has 27 heavy (non-hydrogen) atoms. The summed E-state index contributed by atoms with van der Waals surface area (Å²) in [6.07, 6.45) is 2.96. The van der Waals surface area contributed by atoms with Crippen LogP contribution in [-0.4, -0.2) is 42.7 Å². The van der Waals surface area contributed by atoms with Gasteiger partial charge in [-0.2, -0.15) is 20.1 Å². The van der Waals surface area contributed by atoms with Crippen molar-refractivity contribution in [1.82, 2.24) is 34.9 Å². The molecule has 5 rings (SSSR count). The van der Waals surface area contributed by atoms with Gasteiger partial charge in [-0.05, 0) is 63.0 Å². The van der Waals surface area contributed by atoms with E-state index in [0.717, 1.165) is 36.4 Å². The summed E-state index contributed by atoms with van der Waals surface area (Å²) in [6.45, 7) is 6.59. The molecule has 1 N–H and O–H groups in total. The molecule has 8 heteroatoms. The monoisotopic (exact) mass is 365 g/mol. The van der Waals surface area contributed by atoms with Crippen molar-refractivity contribution in [1.29, 1.82) is 0 Å². The maximum atomic E-state index is 14.7. The third kappa shape index (κ3) is 2.86. The highest BCUT2D eigenvalue weighted by Crippen LogP contribution is 2.26. The van der Waals surface area contributed by atoms with E-state index in [9.17, 15) is 4.39 Å². The Morgan fingerprint density at radius 2 is 2.07 bits per heavy atom. The Morgan fingerprint density at radius 3 is 2.89 bits per heavy atom. The van der Waals surface area contributed by atoms with Gasteiger partial charge < -0.3 is 5.32 Å². The lowest BCUT2D eigenvalue weighted by molar-refractivity contribution is 0.414. The number of aromatic nitrogens is 6. The van der Waals surface area contributed by atoms with E-state index in [4.69, 9.17) is 0 Å². The van der Waals surface area contributed by atoms with Crippen molar-refractivity contribution in [2.75, 3.05) is 13.1 Å². The van der Waals surface area contributed by atoms with Gasteiger partial charge in [0.05, 0.1) is 24.1 Å². The first-order chi connectivity index (χ1) is 13.1. The summed E-state index contributed by atoms with van der Waals surface area (Å²) >= 11 is 0. The Bertz CT molecular complexity index is 1150. The Labute approximate surface area is 155 Å². The summed E-state index contributed by atoms with van der Waals surface area (Å²) in [4.78, 5) is 6.08. The number of hydrogen-bond acceptors (Lipinski definition) is 5. The Hall–Kier alpha value is -2.87. The van der Waals surface area contributed by atoms with E-state index in [2.05, 4.69) is 25.6 Å².